The highest BCUT2D eigenvalue weighted by molar-refractivity contribution is 5.88. The predicted octanol–water partition coefficient (Wildman–Crippen LogP) is 2.25. The fourth-order valence-electron chi connectivity index (χ4n) is 6.82. The van der Waals surface area contributed by atoms with Gasteiger partial charge >= 0.3 is 5.97 Å². The molecule has 4 aliphatic rings. The van der Waals surface area contributed by atoms with E-state index in [1.165, 1.54) is 16.7 Å². The van der Waals surface area contributed by atoms with E-state index in [0.717, 1.165) is 31.6 Å². The normalized spacial score (nSPS) is 25.7. The maximum Gasteiger partial charge on any atom is 0.343 e. The Hall–Kier alpha value is -3.30. The zero-order valence-electron chi connectivity index (χ0n) is 20.1. The molecule has 186 valence electrons. The number of ether oxygens (including phenoxy) is 1. The van der Waals surface area contributed by atoms with Gasteiger partial charge in [-0.15, -0.1) is 0 Å². The molecule has 36 heavy (non-hydrogen) atoms. The fraction of sp³-hybridized carbons (Fsp3) is 0.444. The number of aliphatic hydroxyl groups is 1. The Labute approximate surface area is 205 Å². The molecule has 1 spiro atoms. The van der Waals surface area contributed by atoms with Crippen molar-refractivity contribution in [2.75, 3.05) is 20.1 Å². The van der Waals surface area contributed by atoms with Crippen LogP contribution in [0.5, 0.6) is 0 Å². The van der Waals surface area contributed by atoms with Crippen LogP contribution in [-0.4, -0.2) is 45.2 Å². The van der Waals surface area contributed by atoms with Crippen molar-refractivity contribution in [2.45, 2.75) is 51.0 Å². The first kappa shape index (κ1) is 21.9. The summed E-state index contributed by atoms with van der Waals surface area (Å²) < 4.78 is 23.2. The molecule has 1 N–H and O–H groups in total. The smallest absolute Gasteiger partial charge is 0.343 e. The van der Waals surface area contributed by atoms with E-state index in [9.17, 15) is 23.9 Å². The number of hydrogen-bond donors (Lipinski definition) is 1. The monoisotopic (exact) mass is 491 g/mol. The third kappa shape index (κ3) is 2.62. The molecule has 0 unspecified atom stereocenters. The summed E-state index contributed by atoms with van der Waals surface area (Å²) in [4.78, 5) is 42.3. The summed E-state index contributed by atoms with van der Waals surface area (Å²) in [5.74, 6) is -1.30. The van der Waals surface area contributed by atoms with Crippen molar-refractivity contribution >= 4 is 16.9 Å². The quantitative estimate of drug-likeness (QED) is 0.433. The minimum Gasteiger partial charge on any atom is -0.458 e. The van der Waals surface area contributed by atoms with Crippen molar-refractivity contribution in [1.29, 1.82) is 0 Å². The molecular formula is C27H26FN3O5. The van der Waals surface area contributed by atoms with Gasteiger partial charge in [0, 0.05) is 29.5 Å². The van der Waals surface area contributed by atoms with E-state index in [0.29, 0.717) is 16.8 Å². The Balaban J connectivity index is 1.56. The maximum atomic E-state index is 14.4. The molecule has 7 rings (SSSR count). The molecule has 1 saturated heterocycles. The number of hydrogen-bond acceptors (Lipinski definition) is 6. The van der Waals surface area contributed by atoms with Gasteiger partial charge in [0.15, 0.2) is 11.0 Å². The number of aromatic nitrogens is 2. The minimum absolute atomic E-state index is 0.0265. The summed E-state index contributed by atoms with van der Waals surface area (Å²) in [5.41, 5.74) is -0.0930. The molecule has 0 bridgehead atoms. The van der Waals surface area contributed by atoms with Crippen molar-refractivity contribution in [3.63, 3.8) is 0 Å². The van der Waals surface area contributed by atoms with E-state index in [-0.39, 0.29) is 58.5 Å². The number of fused-ring (bicyclic) bond motifs is 5. The SMILES string of the molecule is CC[C@@]1(O)C(=O)OCc2c1cc1n(c2=O)Cc2c-1c(=O)c1cc(F)ccc1n2[C@H]1CN(C)CC12CC2. The van der Waals surface area contributed by atoms with Crippen molar-refractivity contribution in [3.05, 3.63) is 67.5 Å². The van der Waals surface area contributed by atoms with Crippen LogP contribution in [0.1, 0.15) is 49.0 Å². The number of rotatable bonds is 2. The van der Waals surface area contributed by atoms with Crippen molar-refractivity contribution in [1.82, 2.24) is 14.0 Å². The Bertz CT molecular complexity index is 1640. The van der Waals surface area contributed by atoms with E-state index >= 15 is 0 Å². The summed E-state index contributed by atoms with van der Waals surface area (Å²) in [5, 5.41) is 11.4. The van der Waals surface area contributed by atoms with Gasteiger partial charge in [-0.25, -0.2) is 9.18 Å². The predicted molar refractivity (Wildman–Crippen MR) is 129 cm³/mol. The molecule has 9 heteroatoms. The van der Waals surface area contributed by atoms with Crippen LogP contribution in [0.2, 0.25) is 0 Å². The number of halogens is 1. The lowest BCUT2D eigenvalue weighted by molar-refractivity contribution is -0.172. The van der Waals surface area contributed by atoms with E-state index in [2.05, 4.69) is 16.5 Å². The number of nitrogens with zero attached hydrogens (tertiary/aromatic N) is 3. The first-order valence-corrected chi connectivity index (χ1v) is 12.4. The number of likely N-dealkylation sites (N-methyl/N-ethyl adjacent to an activating group) is 1. The standard InChI is InChI=1S/C27H26FN3O5/c1-3-27(35)17-9-19-22-20(10-30(19)24(33)16(17)12-36-25(27)34)31(21-11-29(2)13-26(21)6-7-26)18-5-4-14(28)8-15(18)23(22)32/h4-5,8-9,21,35H,3,6-7,10-13H2,1-2H3/t21-,27-/m0/s1. The highest BCUT2D eigenvalue weighted by Gasteiger charge is 2.56. The highest BCUT2D eigenvalue weighted by Crippen LogP contribution is 2.59. The largest absolute Gasteiger partial charge is 0.458 e. The molecule has 3 aliphatic heterocycles. The van der Waals surface area contributed by atoms with E-state index in [4.69, 9.17) is 4.74 Å². The highest BCUT2D eigenvalue weighted by atomic mass is 19.1. The lowest BCUT2D eigenvalue weighted by Crippen LogP contribution is -2.44. The van der Waals surface area contributed by atoms with Gasteiger partial charge in [-0.05, 0) is 50.6 Å². The molecular weight excluding hydrogens is 465 g/mol. The van der Waals surface area contributed by atoms with Crippen LogP contribution in [0, 0.1) is 11.2 Å². The van der Waals surface area contributed by atoms with Crippen LogP contribution in [0.15, 0.2) is 33.9 Å². The third-order valence-electron chi connectivity index (χ3n) is 8.86. The average molecular weight is 492 g/mol. The van der Waals surface area contributed by atoms with Crippen LogP contribution in [0.4, 0.5) is 4.39 Å². The average Bonchev–Trinajstić information content (AvgIpc) is 3.40. The van der Waals surface area contributed by atoms with Crippen molar-refractivity contribution in [2.24, 2.45) is 5.41 Å². The number of pyridine rings is 2. The summed E-state index contributed by atoms with van der Waals surface area (Å²) in [6, 6.07) is 5.99. The second-order valence-corrected chi connectivity index (χ2v) is 10.9. The molecule has 2 atom stereocenters. The molecule has 5 heterocycles. The molecule has 2 fully saturated rings. The molecule has 1 aliphatic carbocycles. The number of cyclic esters (lactones) is 1. The molecule has 8 nitrogen and oxygen atoms in total. The molecule has 0 radical (unpaired) electrons. The van der Waals surface area contributed by atoms with Crippen LogP contribution in [-0.2, 0) is 28.3 Å². The zero-order chi connectivity index (χ0) is 25.1. The third-order valence-corrected chi connectivity index (χ3v) is 8.86. The summed E-state index contributed by atoms with van der Waals surface area (Å²) in [7, 11) is 2.08. The van der Waals surface area contributed by atoms with Gasteiger partial charge in [-0.3, -0.25) is 9.59 Å². The van der Waals surface area contributed by atoms with Gasteiger partial charge in [-0.1, -0.05) is 6.92 Å². The van der Waals surface area contributed by atoms with Crippen LogP contribution in [0.3, 0.4) is 0 Å². The fourth-order valence-corrected chi connectivity index (χ4v) is 6.82. The van der Waals surface area contributed by atoms with E-state index < -0.39 is 17.4 Å². The zero-order valence-corrected chi connectivity index (χ0v) is 20.1. The van der Waals surface area contributed by atoms with Crippen LogP contribution >= 0.6 is 0 Å². The Kier molecular flexibility index (Phi) is 4.22. The van der Waals surface area contributed by atoms with Gasteiger partial charge < -0.3 is 23.9 Å². The minimum atomic E-state index is -1.96. The molecule has 1 saturated carbocycles. The lowest BCUT2D eigenvalue weighted by Gasteiger charge is -2.31. The second-order valence-electron chi connectivity index (χ2n) is 10.9. The molecule has 3 aromatic rings. The Morgan fingerprint density at radius 2 is 1.97 bits per heavy atom. The van der Waals surface area contributed by atoms with Gasteiger partial charge in [0.2, 0.25) is 0 Å². The number of benzene rings is 1. The van der Waals surface area contributed by atoms with Gasteiger partial charge in [-0.2, -0.15) is 0 Å². The van der Waals surface area contributed by atoms with Gasteiger partial charge in [0.1, 0.15) is 12.4 Å². The summed E-state index contributed by atoms with van der Waals surface area (Å²) >= 11 is 0. The summed E-state index contributed by atoms with van der Waals surface area (Å²) in [6.45, 7) is 3.35. The summed E-state index contributed by atoms with van der Waals surface area (Å²) in [6.07, 6.45) is 2.18. The molecule has 1 aromatic carbocycles. The topological polar surface area (TPSA) is 93.8 Å². The van der Waals surface area contributed by atoms with E-state index in [1.807, 2.05) is 0 Å². The van der Waals surface area contributed by atoms with Crippen LogP contribution in [0.25, 0.3) is 22.2 Å². The van der Waals surface area contributed by atoms with Crippen molar-refractivity contribution < 1.29 is 19.0 Å². The maximum absolute atomic E-state index is 14.4. The number of carbonyl (C=O) groups excluding carboxylic acids is 1. The second kappa shape index (κ2) is 6.92. The lowest BCUT2D eigenvalue weighted by atomic mass is 9.85. The Morgan fingerprint density at radius 1 is 1.19 bits per heavy atom. The molecule has 2 aromatic heterocycles. The first-order valence-electron chi connectivity index (χ1n) is 12.4. The number of carbonyl (C=O) groups is 1. The number of likely N-dealkylation sites (tertiary alicyclic amines) is 1. The number of esters is 1. The van der Waals surface area contributed by atoms with E-state index in [1.54, 1.807) is 19.1 Å². The first-order chi connectivity index (χ1) is 17.2. The van der Waals surface area contributed by atoms with Crippen molar-refractivity contribution in [3.8, 4) is 11.3 Å². The Morgan fingerprint density at radius 3 is 2.69 bits per heavy atom. The molecule has 0 amide bonds. The van der Waals surface area contributed by atoms with Crippen LogP contribution < -0.4 is 11.0 Å². The van der Waals surface area contributed by atoms with Gasteiger partial charge in [0.05, 0.1) is 40.6 Å². The van der Waals surface area contributed by atoms with Gasteiger partial charge in [0.25, 0.3) is 5.56 Å².